The van der Waals surface area contributed by atoms with Crippen LogP contribution in [0.1, 0.15) is 31.9 Å². The Morgan fingerprint density at radius 3 is 2.20 bits per heavy atom. The van der Waals surface area contributed by atoms with Crippen LogP contribution in [-0.2, 0) is 26.2 Å². The Morgan fingerprint density at radius 2 is 1.62 bits per heavy atom. The summed E-state index contributed by atoms with van der Waals surface area (Å²) in [6.07, 6.45) is 0. The van der Waals surface area contributed by atoms with E-state index in [4.69, 9.17) is 16.3 Å². The van der Waals surface area contributed by atoms with Gasteiger partial charge in [-0.15, -0.1) is 0 Å². The van der Waals surface area contributed by atoms with Crippen molar-refractivity contribution in [1.29, 1.82) is 0 Å². The number of hydrogen-bond acceptors (Lipinski definition) is 5. The van der Waals surface area contributed by atoms with Crippen LogP contribution < -0.4 is 14.4 Å². The highest BCUT2D eigenvalue weighted by molar-refractivity contribution is 7.92. The number of rotatable bonds is 12. The summed E-state index contributed by atoms with van der Waals surface area (Å²) in [6, 6.07) is 19.0. The molecule has 1 unspecified atom stereocenters. The highest BCUT2D eigenvalue weighted by atomic mass is 35.5. The zero-order valence-corrected chi connectivity index (χ0v) is 25.0. The van der Waals surface area contributed by atoms with Gasteiger partial charge < -0.3 is 15.0 Å². The lowest BCUT2D eigenvalue weighted by Gasteiger charge is -2.32. The third kappa shape index (κ3) is 7.99. The quantitative estimate of drug-likeness (QED) is 0.321. The number of halogens is 1. The topological polar surface area (TPSA) is 96.0 Å². The Bertz CT molecular complexity index is 1410. The number of anilines is 1. The summed E-state index contributed by atoms with van der Waals surface area (Å²) in [7, 11) is -2.59. The standard InChI is InChI=1S/C30H36ClN3O5S/c1-21(2)18-32-30(36)23(4)33(19-24-11-13-27(39-5)14-12-24)29(35)20-34(26-8-6-7-25(31)17-26)40(37,38)28-15-9-22(3)10-16-28/h6-17,21,23H,18-20H2,1-5H3,(H,32,36). The van der Waals surface area contributed by atoms with Crippen molar-refractivity contribution < 1.29 is 22.7 Å². The van der Waals surface area contributed by atoms with Gasteiger partial charge in [-0.1, -0.05) is 61.3 Å². The summed E-state index contributed by atoms with van der Waals surface area (Å²) in [4.78, 5) is 28.4. The molecular weight excluding hydrogens is 550 g/mol. The van der Waals surface area contributed by atoms with Crippen molar-refractivity contribution in [2.45, 2.75) is 45.2 Å². The number of nitrogens with zero attached hydrogens (tertiary/aromatic N) is 2. The van der Waals surface area contributed by atoms with Crippen LogP contribution in [0, 0.1) is 12.8 Å². The van der Waals surface area contributed by atoms with Gasteiger partial charge in [-0.05, 0) is 67.8 Å². The number of methoxy groups -OCH3 is 1. The van der Waals surface area contributed by atoms with Gasteiger partial charge in [-0.25, -0.2) is 8.42 Å². The summed E-state index contributed by atoms with van der Waals surface area (Å²) >= 11 is 6.21. The second-order valence-electron chi connectivity index (χ2n) is 9.99. The van der Waals surface area contributed by atoms with E-state index in [-0.39, 0.29) is 29.0 Å². The van der Waals surface area contributed by atoms with E-state index < -0.39 is 28.5 Å². The van der Waals surface area contributed by atoms with Crippen molar-refractivity contribution in [3.05, 3.63) is 88.9 Å². The lowest BCUT2D eigenvalue weighted by Crippen LogP contribution is -2.51. The number of carbonyl (C=O) groups excluding carboxylic acids is 2. The van der Waals surface area contributed by atoms with Crippen molar-refractivity contribution in [2.75, 3.05) is 24.5 Å². The van der Waals surface area contributed by atoms with E-state index in [1.807, 2.05) is 20.8 Å². The highest BCUT2D eigenvalue weighted by Crippen LogP contribution is 2.27. The molecule has 0 spiro atoms. The van der Waals surface area contributed by atoms with Gasteiger partial charge in [0.25, 0.3) is 10.0 Å². The van der Waals surface area contributed by atoms with Crippen LogP contribution >= 0.6 is 11.6 Å². The molecule has 10 heteroatoms. The molecule has 0 saturated carbocycles. The average Bonchev–Trinajstić information content (AvgIpc) is 2.93. The van der Waals surface area contributed by atoms with Crippen LogP contribution in [0.4, 0.5) is 5.69 Å². The third-order valence-corrected chi connectivity index (χ3v) is 8.37. The maximum Gasteiger partial charge on any atom is 0.264 e. The van der Waals surface area contributed by atoms with E-state index in [0.717, 1.165) is 15.4 Å². The summed E-state index contributed by atoms with van der Waals surface area (Å²) in [5.74, 6) is 0.00507. The zero-order valence-electron chi connectivity index (χ0n) is 23.4. The number of aryl methyl sites for hydroxylation is 1. The summed E-state index contributed by atoms with van der Waals surface area (Å²) in [5.41, 5.74) is 1.90. The minimum atomic E-state index is -4.16. The van der Waals surface area contributed by atoms with E-state index >= 15 is 0 Å². The fourth-order valence-electron chi connectivity index (χ4n) is 3.96. The molecule has 0 aliphatic rings. The first-order valence-corrected chi connectivity index (χ1v) is 14.8. The number of benzene rings is 3. The van der Waals surface area contributed by atoms with Crippen molar-refractivity contribution in [1.82, 2.24) is 10.2 Å². The predicted molar refractivity (Wildman–Crippen MR) is 158 cm³/mol. The van der Waals surface area contributed by atoms with Gasteiger partial charge in [-0.3, -0.25) is 13.9 Å². The molecular formula is C30H36ClN3O5S. The van der Waals surface area contributed by atoms with Crippen molar-refractivity contribution >= 4 is 39.1 Å². The smallest absolute Gasteiger partial charge is 0.264 e. The van der Waals surface area contributed by atoms with E-state index in [2.05, 4.69) is 5.32 Å². The molecule has 3 aromatic carbocycles. The van der Waals surface area contributed by atoms with E-state index in [1.54, 1.807) is 68.6 Å². The molecule has 0 aromatic heterocycles. The Balaban J connectivity index is 2.00. The molecule has 0 bridgehead atoms. The van der Waals surface area contributed by atoms with Crippen LogP contribution in [0.5, 0.6) is 5.75 Å². The van der Waals surface area contributed by atoms with Crippen molar-refractivity contribution in [3.63, 3.8) is 0 Å². The molecule has 0 heterocycles. The number of hydrogen-bond donors (Lipinski definition) is 1. The zero-order chi connectivity index (χ0) is 29.4. The molecule has 1 atom stereocenters. The lowest BCUT2D eigenvalue weighted by atomic mass is 10.1. The first-order chi connectivity index (χ1) is 18.9. The predicted octanol–water partition coefficient (Wildman–Crippen LogP) is 5.04. The molecule has 2 amide bonds. The van der Waals surface area contributed by atoms with Crippen LogP contribution in [0.2, 0.25) is 5.02 Å². The van der Waals surface area contributed by atoms with Crippen LogP contribution in [0.15, 0.2) is 77.7 Å². The molecule has 0 fully saturated rings. The van der Waals surface area contributed by atoms with Gasteiger partial charge in [0.2, 0.25) is 11.8 Å². The van der Waals surface area contributed by atoms with E-state index in [1.165, 1.54) is 23.1 Å². The number of nitrogens with one attached hydrogen (secondary N) is 1. The van der Waals surface area contributed by atoms with Crippen LogP contribution in [-0.4, -0.2) is 51.4 Å². The molecule has 1 N–H and O–H groups in total. The number of carbonyl (C=O) groups is 2. The van der Waals surface area contributed by atoms with Crippen molar-refractivity contribution in [3.8, 4) is 5.75 Å². The third-order valence-electron chi connectivity index (χ3n) is 6.35. The molecule has 40 heavy (non-hydrogen) atoms. The Hall–Kier alpha value is -3.56. The average molecular weight is 586 g/mol. The van der Waals surface area contributed by atoms with E-state index in [9.17, 15) is 18.0 Å². The molecule has 0 radical (unpaired) electrons. The molecule has 0 aliphatic carbocycles. The lowest BCUT2D eigenvalue weighted by molar-refractivity contribution is -0.139. The van der Waals surface area contributed by atoms with Gasteiger partial charge in [0, 0.05) is 18.1 Å². The molecule has 8 nitrogen and oxygen atoms in total. The van der Waals surface area contributed by atoms with Crippen LogP contribution in [0.25, 0.3) is 0 Å². The Morgan fingerprint density at radius 1 is 0.975 bits per heavy atom. The number of sulfonamides is 1. The van der Waals surface area contributed by atoms with Gasteiger partial charge in [0.15, 0.2) is 0 Å². The SMILES string of the molecule is COc1ccc(CN(C(=O)CN(c2cccc(Cl)c2)S(=O)(=O)c2ccc(C)cc2)C(C)C(=O)NCC(C)C)cc1. The first-order valence-electron chi connectivity index (χ1n) is 13.0. The Labute approximate surface area is 241 Å². The van der Waals surface area contributed by atoms with Gasteiger partial charge in [-0.2, -0.15) is 0 Å². The molecule has 0 aliphatic heterocycles. The second-order valence-corrected chi connectivity index (χ2v) is 12.3. The minimum absolute atomic E-state index is 0.0373. The van der Waals surface area contributed by atoms with Gasteiger partial charge in [0.05, 0.1) is 17.7 Å². The van der Waals surface area contributed by atoms with E-state index in [0.29, 0.717) is 17.3 Å². The first kappa shape index (κ1) is 31.0. The molecule has 0 saturated heterocycles. The fourth-order valence-corrected chi connectivity index (χ4v) is 5.55. The fraction of sp³-hybridized carbons (Fsp3) is 0.333. The molecule has 214 valence electrons. The monoisotopic (exact) mass is 585 g/mol. The maximum atomic E-state index is 13.9. The second kappa shape index (κ2) is 13.7. The largest absolute Gasteiger partial charge is 0.497 e. The summed E-state index contributed by atoms with van der Waals surface area (Å²) < 4.78 is 33.9. The molecule has 3 aromatic rings. The molecule has 3 rings (SSSR count). The normalized spacial score (nSPS) is 12.1. The van der Waals surface area contributed by atoms with Gasteiger partial charge in [0.1, 0.15) is 18.3 Å². The minimum Gasteiger partial charge on any atom is -0.497 e. The highest BCUT2D eigenvalue weighted by Gasteiger charge is 2.32. The maximum absolute atomic E-state index is 13.9. The van der Waals surface area contributed by atoms with Crippen LogP contribution in [0.3, 0.4) is 0 Å². The number of amides is 2. The van der Waals surface area contributed by atoms with Gasteiger partial charge >= 0.3 is 0 Å². The number of ether oxygens (including phenoxy) is 1. The summed E-state index contributed by atoms with van der Waals surface area (Å²) in [5, 5.41) is 3.20. The van der Waals surface area contributed by atoms with Crippen molar-refractivity contribution in [2.24, 2.45) is 5.92 Å². The Kier molecular flexibility index (Phi) is 10.6. The summed E-state index contributed by atoms with van der Waals surface area (Å²) in [6.45, 7) is 7.45.